The molecule has 1 heterocycles. The Kier molecular flexibility index (Phi) is 8.46. The minimum atomic E-state index is -0.232. The van der Waals surface area contributed by atoms with Crippen molar-refractivity contribution in [3.05, 3.63) is 61.5 Å². The number of halogens is 1. The van der Waals surface area contributed by atoms with Crippen LogP contribution in [-0.2, 0) is 6.54 Å². The van der Waals surface area contributed by atoms with E-state index in [1.807, 2.05) is 32.9 Å². The monoisotopic (exact) mass is 512 g/mol. The maximum atomic E-state index is 13.1. The summed E-state index contributed by atoms with van der Waals surface area (Å²) in [6.45, 7) is 9.36. The van der Waals surface area contributed by atoms with Crippen molar-refractivity contribution in [3.8, 4) is 0 Å². The molecule has 2 fully saturated rings. The number of hydrogen-bond donors (Lipinski definition) is 3. The van der Waals surface area contributed by atoms with Gasteiger partial charge in [-0.05, 0) is 114 Å². The van der Waals surface area contributed by atoms with Crippen molar-refractivity contribution in [3.63, 3.8) is 0 Å². The van der Waals surface area contributed by atoms with E-state index in [1.165, 1.54) is 45.1 Å². The second kappa shape index (κ2) is 11.4. The van der Waals surface area contributed by atoms with Gasteiger partial charge in [0, 0.05) is 52.7 Å². The number of pyridine rings is 1. The first-order chi connectivity index (χ1) is 17.1. The van der Waals surface area contributed by atoms with E-state index in [0.29, 0.717) is 34.2 Å². The second-order valence-electron chi connectivity index (χ2n) is 11.1. The van der Waals surface area contributed by atoms with Gasteiger partial charge in [-0.2, -0.15) is 0 Å². The van der Waals surface area contributed by atoms with Gasteiger partial charge in [0.25, 0.3) is 11.5 Å². The lowest BCUT2D eigenvalue weighted by atomic mass is 9.81. The van der Waals surface area contributed by atoms with Crippen LogP contribution in [0.1, 0.15) is 78.2 Å². The Hall–Kier alpha value is -2.31. The summed E-state index contributed by atoms with van der Waals surface area (Å²) in [4.78, 5) is 30.8. The van der Waals surface area contributed by atoms with Crippen molar-refractivity contribution < 1.29 is 4.79 Å². The molecule has 2 aromatic rings. The minimum absolute atomic E-state index is 0.166. The molecule has 0 spiro atoms. The molecule has 1 amide bonds. The molecule has 1 aromatic heterocycles. The number of nitrogens with one attached hydrogen (secondary N) is 3. The Morgan fingerprint density at radius 1 is 1.11 bits per heavy atom. The lowest BCUT2D eigenvalue weighted by Crippen LogP contribution is -2.39. The minimum Gasteiger partial charge on any atom is -0.382 e. The van der Waals surface area contributed by atoms with Crippen LogP contribution in [0.15, 0.2) is 23.0 Å². The van der Waals surface area contributed by atoms with Crippen LogP contribution in [0, 0.1) is 32.6 Å². The van der Waals surface area contributed by atoms with Crippen molar-refractivity contribution in [2.45, 2.75) is 84.8 Å². The Morgan fingerprint density at radius 3 is 2.44 bits per heavy atom. The predicted octanol–water partition coefficient (Wildman–Crippen LogP) is 5.58. The molecule has 6 nitrogen and oxygen atoms in total. The van der Waals surface area contributed by atoms with E-state index in [0.717, 1.165) is 28.4 Å². The van der Waals surface area contributed by atoms with Crippen molar-refractivity contribution in [2.24, 2.45) is 11.8 Å². The molecule has 3 N–H and O–H groups in total. The SMILES string of the molecule is Cc1cc(C)c(CNC(=O)c2cc(Cl)cc(NC(C)[C@H]3CC[C@H](N(C)CC4CC4)CC3)c2C)c(=O)[nH]1. The third-order valence-electron chi connectivity index (χ3n) is 8.23. The van der Waals surface area contributed by atoms with E-state index in [9.17, 15) is 9.59 Å². The number of carbonyl (C=O) groups is 1. The highest BCUT2D eigenvalue weighted by atomic mass is 35.5. The molecule has 7 heteroatoms. The fourth-order valence-corrected chi connectivity index (χ4v) is 5.91. The number of carbonyl (C=O) groups excluding carboxylic acids is 1. The standard InChI is InChI=1S/C29H41ClN4O2/c1-17-12-18(2)32-29(36)26(17)15-31-28(35)25-13-23(30)14-27(19(25)3)33-20(4)22-8-10-24(11-9-22)34(5)16-21-6-7-21/h12-14,20-22,24,33H,6-11,15-16H2,1-5H3,(H,31,35)(H,32,36)/t20?,22-,24-. The van der Waals surface area contributed by atoms with Crippen LogP contribution in [0.2, 0.25) is 5.02 Å². The van der Waals surface area contributed by atoms with E-state index >= 15 is 0 Å². The molecule has 1 atom stereocenters. The number of amides is 1. The van der Waals surface area contributed by atoms with Gasteiger partial charge in [0.05, 0.1) is 0 Å². The highest BCUT2D eigenvalue weighted by molar-refractivity contribution is 6.31. The summed E-state index contributed by atoms with van der Waals surface area (Å²) in [5, 5.41) is 7.10. The third-order valence-corrected chi connectivity index (χ3v) is 8.45. The fraction of sp³-hybridized carbons (Fsp3) is 0.586. The Labute approximate surface area is 220 Å². The molecule has 2 aliphatic carbocycles. The average Bonchev–Trinajstić information content (AvgIpc) is 3.64. The summed E-state index contributed by atoms with van der Waals surface area (Å²) in [6, 6.07) is 6.53. The molecular weight excluding hydrogens is 472 g/mol. The maximum Gasteiger partial charge on any atom is 0.253 e. The van der Waals surface area contributed by atoms with Gasteiger partial charge in [-0.15, -0.1) is 0 Å². The summed E-state index contributed by atoms with van der Waals surface area (Å²) >= 11 is 6.44. The van der Waals surface area contributed by atoms with E-state index in [2.05, 4.69) is 34.5 Å². The van der Waals surface area contributed by atoms with Gasteiger partial charge >= 0.3 is 0 Å². The number of aryl methyl sites for hydroxylation is 2. The second-order valence-corrected chi connectivity index (χ2v) is 11.6. The van der Waals surface area contributed by atoms with Gasteiger partial charge in [0.15, 0.2) is 0 Å². The highest BCUT2D eigenvalue weighted by Crippen LogP contribution is 2.35. The van der Waals surface area contributed by atoms with Gasteiger partial charge in [0.2, 0.25) is 0 Å². The van der Waals surface area contributed by atoms with Gasteiger partial charge in [-0.1, -0.05) is 11.6 Å². The molecule has 0 bridgehead atoms. The summed E-state index contributed by atoms with van der Waals surface area (Å²) in [7, 11) is 2.29. The van der Waals surface area contributed by atoms with E-state index < -0.39 is 0 Å². The number of nitrogens with zero attached hydrogens (tertiary/aromatic N) is 1. The smallest absolute Gasteiger partial charge is 0.253 e. The Morgan fingerprint density at radius 2 is 1.81 bits per heavy atom. The first-order valence-electron chi connectivity index (χ1n) is 13.4. The lowest BCUT2D eigenvalue weighted by Gasteiger charge is -2.37. The van der Waals surface area contributed by atoms with E-state index in [1.54, 1.807) is 6.07 Å². The molecule has 1 aromatic carbocycles. The lowest BCUT2D eigenvalue weighted by molar-refractivity contribution is 0.0950. The van der Waals surface area contributed by atoms with Gasteiger partial charge < -0.3 is 20.5 Å². The number of rotatable bonds is 9. The number of aromatic amines is 1. The topological polar surface area (TPSA) is 77.2 Å². The van der Waals surface area contributed by atoms with Crippen molar-refractivity contribution in [1.82, 2.24) is 15.2 Å². The molecule has 0 aliphatic heterocycles. The molecule has 196 valence electrons. The molecule has 2 aliphatic rings. The fourth-order valence-electron chi connectivity index (χ4n) is 5.69. The van der Waals surface area contributed by atoms with Crippen LogP contribution in [0.4, 0.5) is 5.69 Å². The normalized spacial score (nSPS) is 20.9. The molecule has 36 heavy (non-hydrogen) atoms. The van der Waals surface area contributed by atoms with Gasteiger partial charge in [0.1, 0.15) is 0 Å². The first-order valence-corrected chi connectivity index (χ1v) is 13.7. The number of hydrogen-bond acceptors (Lipinski definition) is 4. The molecular formula is C29H41ClN4O2. The zero-order valence-corrected chi connectivity index (χ0v) is 23.1. The molecule has 1 unspecified atom stereocenters. The van der Waals surface area contributed by atoms with E-state index in [-0.39, 0.29) is 18.0 Å². The zero-order chi connectivity index (χ0) is 26.0. The number of anilines is 1. The van der Waals surface area contributed by atoms with Crippen LogP contribution in [-0.4, -0.2) is 41.5 Å². The molecule has 0 radical (unpaired) electrons. The highest BCUT2D eigenvalue weighted by Gasteiger charge is 2.30. The Balaban J connectivity index is 1.38. The van der Waals surface area contributed by atoms with Crippen LogP contribution in [0.5, 0.6) is 0 Å². The summed E-state index contributed by atoms with van der Waals surface area (Å²) in [5.41, 5.74) is 4.38. The van der Waals surface area contributed by atoms with Crippen molar-refractivity contribution in [2.75, 3.05) is 18.9 Å². The molecule has 0 saturated heterocycles. The van der Waals surface area contributed by atoms with E-state index in [4.69, 9.17) is 11.6 Å². The largest absolute Gasteiger partial charge is 0.382 e. The predicted molar refractivity (Wildman–Crippen MR) is 148 cm³/mol. The van der Waals surface area contributed by atoms with Crippen molar-refractivity contribution in [1.29, 1.82) is 0 Å². The van der Waals surface area contributed by atoms with Gasteiger partial charge in [-0.3, -0.25) is 9.59 Å². The van der Waals surface area contributed by atoms with Crippen molar-refractivity contribution >= 4 is 23.2 Å². The Bertz CT molecular complexity index is 1150. The number of aromatic nitrogens is 1. The summed E-state index contributed by atoms with van der Waals surface area (Å²) in [6.07, 6.45) is 7.74. The summed E-state index contributed by atoms with van der Waals surface area (Å²) < 4.78 is 0. The van der Waals surface area contributed by atoms with Crippen LogP contribution in [0.25, 0.3) is 0 Å². The van der Waals surface area contributed by atoms with Crippen LogP contribution >= 0.6 is 11.6 Å². The van der Waals surface area contributed by atoms with Crippen LogP contribution < -0.4 is 16.2 Å². The maximum absolute atomic E-state index is 13.1. The molecule has 4 rings (SSSR count). The number of H-pyrrole nitrogens is 1. The quantitative estimate of drug-likeness (QED) is 0.409. The third kappa shape index (κ3) is 6.51. The molecule has 2 saturated carbocycles. The van der Waals surface area contributed by atoms with Gasteiger partial charge in [-0.25, -0.2) is 0 Å². The number of benzene rings is 1. The zero-order valence-electron chi connectivity index (χ0n) is 22.3. The summed E-state index contributed by atoms with van der Waals surface area (Å²) in [5.74, 6) is 1.30. The van der Waals surface area contributed by atoms with Crippen LogP contribution in [0.3, 0.4) is 0 Å². The average molecular weight is 513 g/mol. The first kappa shape index (κ1) is 26.7.